The summed E-state index contributed by atoms with van der Waals surface area (Å²) in [6.07, 6.45) is 7.76. The maximum atomic E-state index is 12.5. The van der Waals surface area contributed by atoms with Crippen molar-refractivity contribution in [1.82, 2.24) is 9.88 Å². The first-order valence-corrected chi connectivity index (χ1v) is 7.67. The van der Waals surface area contributed by atoms with Crippen molar-refractivity contribution in [1.29, 1.82) is 0 Å². The van der Waals surface area contributed by atoms with Gasteiger partial charge in [0.2, 0.25) is 0 Å². The number of aromatic nitrogens is 1. The van der Waals surface area contributed by atoms with Crippen LogP contribution in [0.2, 0.25) is 0 Å². The summed E-state index contributed by atoms with van der Waals surface area (Å²) < 4.78 is 6.04. The van der Waals surface area contributed by atoms with Crippen LogP contribution in [-0.2, 0) is 0 Å². The molecule has 4 nitrogen and oxygen atoms in total. The van der Waals surface area contributed by atoms with E-state index in [2.05, 4.69) is 4.98 Å². The van der Waals surface area contributed by atoms with Gasteiger partial charge in [-0.1, -0.05) is 6.42 Å². The topological polar surface area (TPSA) is 42.4 Å². The van der Waals surface area contributed by atoms with E-state index in [0.29, 0.717) is 24.5 Å². The van der Waals surface area contributed by atoms with Crippen molar-refractivity contribution < 1.29 is 9.53 Å². The minimum absolute atomic E-state index is 0.0404. The van der Waals surface area contributed by atoms with E-state index in [0.717, 1.165) is 12.8 Å². The third-order valence-corrected chi connectivity index (χ3v) is 3.87. The molecule has 0 N–H and O–H groups in total. The van der Waals surface area contributed by atoms with E-state index in [1.807, 2.05) is 26.0 Å². The van der Waals surface area contributed by atoms with Gasteiger partial charge >= 0.3 is 0 Å². The SMILES string of the molecule is CCN(CC)C(=O)c1ncccc1OC1CCCCC1. The molecule has 0 aliphatic heterocycles. The van der Waals surface area contributed by atoms with Crippen LogP contribution in [-0.4, -0.2) is 35.0 Å². The average molecular weight is 276 g/mol. The van der Waals surface area contributed by atoms with Crippen LogP contribution < -0.4 is 4.74 Å². The van der Waals surface area contributed by atoms with Gasteiger partial charge in [0.15, 0.2) is 11.4 Å². The molecule has 1 amide bonds. The normalized spacial score (nSPS) is 15.9. The molecule has 1 fully saturated rings. The lowest BCUT2D eigenvalue weighted by Crippen LogP contribution is -2.32. The second-order valence-electron chi connectivity index (χ2n) is 5.21. The highest BCUT2D eigenvalue weighted by Crippen LogP contribution is 2.25. The zero-order valence-corrected chi connectivity index (χ0v) is 12.5. The van der Waals surface area contributed by atoms with E-state index >= 15 is 0 Å². The molecule has 1 heterocycles. The molecule has 1 aromatic heterocycles. The predicted octanol–water partition coefficient (Wildman–Crippen LogP) is 3.28. The lowest BCUT2D eigenvalue weighted by atomic mass is 9.98. The maximum Gasteiger partial charge on any atom is 0.276 e. The van der Waals surface area contributed by atoms with Crippen molar-refractivity contribution in [3.8, 4) is 5.75 Å². The summed E-state index contributed by atoms with van der Waals surface area (Å²) >= 11 is 0. The molecular formula is C16H24N2O2. The van der Waals surface area contributed by atoms with Crippen molar-refractivity contribution in [2.45, 2.75) is 52.1 Å². The molecule has 0 unspecified atom stereocenters. The van der Waals surface area contributed by atoms with Gasteiger partial charge in [-0.15, -0.1) is 0 Å². The van der Waals surface area contributed by atoms with Crippen molar-refractivity contribution in [2.75, 3.05) is 13.1 Å². The number of hydrogen-bond acceptors (Lipinski definition) is 3. The van der Waals surface area contributed by atoms with Crippen LogP contribution in [0.15, 0.2) is 18.3 Å². The van der Waals surface area contributed by atoms with Gasteiger partial charge < -0.3 is 9.64 Å². The van der Waals surface area contributed by atoms with Gasteiger partial charge in [0.1, 0.15) is 0 Å². The fourth-order valence-electron chi connectivity index (χ4n) is 2.67. The van der Waals surface area contributed by atoms with Crippen molar-refractivity contribution in [2.24, 2.45) is 0 Å². The van der Waals surface area contributed by atoms with Crippen LogP contribution in [0.25, 0.3) is 0 Å². The van der Waals surface area contributed by atoms with Gasteiger partial charge in [-0.3, -0.25) is 4.79 Å². The summed E-state index contributed by atoms with van der Waals surface area (Å²) in [6, 6.07) is 3.69. The Morgan fingerprint density at radius 3 is 2.65 bits per heavy atom. The summed E-state index contributed by atoms with van der Waals surface area (Å²) in [5.74, 6) is 0.595. The van der Waals surface area contributed by atoms with Gasteiger partial charge in [-0.05, 0) is 51.7 Å². The Balaban J connectivity index is 2.14. The zero-order valence-electron chi connectivity index (χ0n) is 12.5. The lowest BCUT2D eigenvalue weighted by molar-refractivity contribution is 0.0755. The second kappa shape index (κ2) is 7.27. The first kappa shape index (κ1) is 14.8. The van der Waals surface area contributed by atoms with E-state index in [1.54, 1.807) is 11.1 Å². The molecule has 0 aromatic carbocycles. The van der Waals surface area contributed by atoms with Crippen LogP contribution in [0.3, 0.4) is 0 Å². The molecule has 0 saturated heterocycles. The number of rotatable bonds is 5. The van der Waals surface area contributed by atoms with Crippen LogP contribution in [0, 0.1) is 0 Å². The van der Waals surface area contributed by atoms with Gasteiger partial charge in [0.25, 0.3) is 5.91 Å². The summed E-state index contributed by atoms with van der Waals surface area (Å²) in [5, 5.41) is 0. The number of hydrogen-bond donors (Lipinski definition) is 0. The van der Waals surface area contributed by atoms with E-state index < -0.39 is 0 Å². The maximum absolute atomic E-state index is 12.5. The number of carbonyl (C=O) groups excluding carboxylic acids is 1. The molecule has 20 heavy (non-hydrogen) atoms. The Bertz CT molecular complexity index is 438. The minimum atomic E-state index is -0.0404. The number of ether oxygens (including phenoxy) is 1. The number of carbonyl (C=O) groups is 1. The molecule has 0 radical (unpaired) electrons. The standard InChI is InChI=1S/C16H24N2O2/c1-3-18(4-2)16(19)15-14(11-8-12-17-15)20-13-9-6-5-7-10-13/h8,11-13H,3-7,9-10H2,1-2H3. The molecule has 1 aromatic rings. The van der Waals surface area contributed by atoms with E-state index in [9.17, 15) is 4.79 Å². The Kier molecular flexibility index (Phi) is 5.39. The van der Waals surface area contributed by atoms with Gasteiger partial charge in [0, 0.05) is 19.3 Å². The molecule has 2 rings (SSSR count). The Hall–Kier alpha value is -1.58. The minimum Gasteiger partial charge on any atom is -0.488 e. The van der Waals surface area contributed by atoms with E-state index in [1.165, 1.54) is 19.3 Å². The molecule has 1 aliphatic carbocycles. The van der Waals surface area contributed by atoms with Crippen molar-refractivity contribution >= 4 is 5.91 Å². The van der Waals surface area contributed by atoms with Crippen LogP contribution >= 0.6 is 0 Å². The molecule has 4 heteroatoms. The van der Waals surface area contributed by atoms with Crippen LogP contribution in [0.1, 0.15) is 56.4 Å². The Morgan fingerprint density at radius 2 is 2.00 bits per heavy atom. The Morgan fingerprint density at radius 1 is 1.30 bits per heavy atom. The predicted molar refractivity (Wildman–Crippen MR) is 79.0 cm³/mol. The summed E-state index contributed by atoms with van der Waals surface area (Å²) in [4.78, 5) is 18.5. The summed E-state index contributed by atoms with van der Waals surface area (Å²) in [6.45, 7) is 5.33. The smallest absolute Gasteiger partial charge is 0.276 e. The van der Waals surface area contributed by atoms with Crippen LogP contribution in [0.5, 0.6) is 5.75 Å². The molecule has 1 saturated carbocycles. The third kappa shape index (κ3) is 3.50. The zero-order chi connectivity index (χ0) is 14.4. The Labute approximate surface area is 121 Å². The van der Waals surface area contributed by atoms with E-state index in [4.69, 9.17) is 4.74 Å². The average Bonchev–Trinajstić information content (AvgIpc) is 2.50. The monoisotopic (exact) mass is 276 g/mol. The highest BCUT2D eigenvalue weighted by atomic mass is 16.5. The first-order valence-electron chi connectivity index (χ1n) is 7.67. The largest absolute Gasteiger partial charge is 0.488 e. The number of pyridine rings is 1. The van der Waals surface area contributed by atoms with Crippen LogP contribution in [0.4, 0.5) is 0 Å². The van der Waals surface area contributed by atoms with Gasteiger partial charge in [-0.25, -0.2) is 4.98 Å². The fraction of sp³-hybridized carbons (Fsp3) is 0.625. The molecule has 0 atom stereocenters. The summed E-state index contributed by atoms with van der Waals surface area (Å²) in [7, 11) is 0. The molecular weight excluding hydrogens is 252 g/mol. The van der Waals surface area contributed by atoms with Gasteiger partial charge in [0.05, 0.1) is 6.10 Å². The second-order valence-corrected chi connectivity index (χ2v) is 5.21. The highest BCUT2D eigenvalue weighted by molar-refractivity contribution is 5.94. The van der Waals surface area contributed by atoms with Crippen molar-refractivity contribution in [3.05, 3.63) is 24.0 Å². The number of nitrogens with zero attached hydrogens (tertiary/aromatic N) is 2. The molecule has 1 aliphatic rings. The molecule has 0 bridgehead atoms. The molecule has 0 spiro atoms. The molecule has 110 valence electrons. The first-order chi connectivity index (χ1) is 9.76. The quantitative estimate of drug-likeness (QED) is 0.829. The lowest BCUT2D eigenvalue weighted by Gasteiger charge is -2.25. The summed E-state index contributed by atoms with van der Waals surface area (Å²) in [5.41, 5.74) is 0.446. The number of amides is 1. The van der Waals surface area contributed by atoms with Gasteiger partial charge in [-0.2, -0.15) is 0 Å². The van der Waals surface area contributed by atoms with E-state index in [-0.39, 0.29) is 12.0 Å². The third-order valence-electron chi connectivity index (χ3n) is 3.87. The van der Waals surface area contributed by atoms with Crippen molar-refractivity contribution in [3.63, 3.8) is 0 Å². The highest BCUT2D eigenvalue weighted by Gasteiger charge is 2.22. The fourth-order valence-corrected chi connectivity index (χ4v) is 2.67.